The number of carbonyl (C=O) groups is 2. The minimum Gasteiger partial charge on any atom is -0.325 e. The van der Waals surface area contributed by atoms with E-state index in [0.717, 1.165) is 0 Å². The number of amides is 1. The molecular formula is C26H19F6NO4S. The first kappa shape index (κ1) is 27.4. The first-order chi connectivity index (χ1) is 17.6. The fourth-order valence-corrected chi connectivity index (χ4v) is 5.86. The van der Waals surface area contributed by atoms with E-state index in [1.165, 1.54) is 48.5 Å². The third kappa shape index (κ3) is 5.90. The second kappa shape index (κ2) is 9.90. The van der Waals surface area contributed by atoms with Crippen molar-refractivity contribution in [3.8, 4) is 0 Å². The quantitative estimate of drug-likeness (QED) is 0.322. The zero-order valence-electron chi connectivity index (χ0n) is 19.4. The van der Waals surface area contributed by atoms with Crippen LogP contribution in [0.3, 0.4) is 0 Å². The van der Waals surface area contributed by atoms with Crippen molar-refractivity contribution < 1.29 is 44.3 Å². The van der Waals surface area contributed by atoms with Gasteiger partial charge in [-0.05, 0) is 60.4 Å². The Labute approximate surface area is 213 Å². The van der Waals surface area contributed by atoms with Crippen LogP contribution >= 0.6 is 0 Å². The molecule has 1 N–H and O–H groups in total. The van der Waals surface area contributed by atoms with Gasteiger partial charge in [0, 0.05) is 11.3 Å². The van der Waals surface area contributed by atoms with Crippen LogP contribution in [-0.4, -0.2) is 25.9 Å². The predicted molar refractivity (Wildman–Crippen MR) is 125 cm³/mol. The molecule has 1 amide bonds. The van der Waals surface area contributed by atoms with Crippen molar-refractivity contribution in [3.05, 3.63) is 94.5 Å². The molecule has 12 heteroatoms. The van der Waals surface area contributed by atoms with E-state index in [1.54, 1.807) is 0 Å². The molecule has 3 aromatic rings. The molecule has 0 bridgehead atoms. The van der Waals surface area contributed by atoms with E-state index in [-0.39, 0.29) is 40.6 Å². The van der Waals surface area contributed by atoms with Crippen LogP contribution in [0.15, 0.2) is 71.6 Å². The molecule has 0 saturated carbocycles. The Kier molecular flexibility index (Phi) is 7.13. The lowest BCUT2D eigenvalue weighted by Crippen LogP contribution is -2.39. The van der Waals surface area contributed by atoms with Crippen LogP contribution in [0.4, 0.5) is 32.0 Å². The van der Waals surface area contributed by atoms with Crippen molar-refractivity contribution in [2.24, 2.45) is 5.92 Å². The molecule has 1 aliphatic rings. The van der Waals surface area contributed by atoms with E-state index < -0.39 is 56.7 Å². The lowest BCUT2D eigenvalue weighted by molar-refractivity contribution is -0.143. The first-order valence-corrected chi connectivity index (χ1v) is 12.8. The van der Waals surface area contributed by atoms with Gasteiger partial charge in [0.2, 0.25) is 5.91 Å². The largest absolute Gasteiger partial charge is 0.416 e. The maximum absolute atomic E-state index is 13.1. The topological polar surface area (TPSA) is 80.3 Å². The predicted octanol–water partition coefficient (Wildman–Crippen LogP) is 5.73. The monoisotopic (exact) mass is 555 g/mol. The smallest absolute Gasteiger partial charge is 0.325 e. The minimum atomic E-state index is -4.93. The van der Waals surface area contributed by atoms with Crippen molar-refractivity contribution in [3.63, 3.8) is 0 Å². The summed E-state index contributed by atoms with van der Waals surface area (Å²) in [7, 11) is -3.85. The van der Waals surface area contributed by atoms with Crippen LogP contribution in [0.2, 0.25) is 0 Å². The summed E-state index contributed by atoms with van der Waals surface area (Å²) < 4.78 is 103. The second-order valence-electron chi connectivity index (χ2n) is 8.79. The number of Topliss-reactive ketones (excluding diaryl/α,β-unsaturated/α-hetero) is 1. The molecule has 200 valence electrons. The number of anilines is 1. The highest BCUT2D eigenvalue weighted by Gasteiger charge is 2.41. The van der Waals surface area contributed by atoms with Gasteiger partial charge in [-0.1, -0.05) is 30.3 Å². The lowest BCUT2D eigenvalue weighted by atomic mass is 9.97. The zero-order valence-corrected chi connectivity index (χ0v) is 20.2. The van der Waals surface area contributed by atoms with Crippen LogP contribution in [0, 0.1) is 5.92 Å². The molecule has 38 heavy (non-hydrogen) atoms. The number of alkyl halides is 6. The standard InChI is InChI=1S/C26H19F6NO4S/c27-25(28,29)17-11-16(12-18(13-17)26(30,31)32)6-5-15-7-9-19(10-8-15)33-24(35)21-14-38(36,37)22-4-2-1-3-20(22)23(21)34/h1-4,7-13,21H,5-6,14H2,(H,33,35). The van der Waals surface area contributed by atoms with Gasteiger partial charge in [0.1, 0.15) is 5.92 Å². The van der Waals surface area contributed by atoms with E-state index in [4.69, 9.17) is 0 Å². The van der Waals surface area contributed by atoms with Gasteiger partial charge < -0.3 is 5.32 Å². The second-order valence-corrected chi connectivity index (χ2v) is 10.8. The maximum Gasteiger partial charge on any atom is 0.416 e. The molecule has 0 saturated heterocycles. The number of halogens is 6. The SMILES string of the molecule is O=C(Nc1ccc(CCc2cc(C(F)(F)F)cc(C(F)(F)F)c2)cc1)C1CS(=O)(=O)c2ccccc2C1=O. The third-order valence-corrected chi connectivity index (χ3v) is 7.88. The average molecular weight is 555 g/mol. The number of aryl methyl sites for hydroxylation is 2. The van der Waals surface area contributed by atoms with Crippen LogP contribution in [0.1, 0.15) is 32.6 Å². The number of nitrogens with one attached hydrogen (secondary N) is 1. The summed E-state index contributed by atoms with van der Waals surface area (Å²) in [6.07, 6.45) is -9.86. The normalized spacial score (nSPS) is 17.1. The fourth-order valence-electron chi connectivity index (χ4n) is 4.15. The zero-order chi connectivity index (χ0) is 27.9. The summed E-state index contributed by atoms with van der Waals surface area (Å²) >= 11 is 0. The molecule has 1 aliphatic heterocycles. The molecule has 1 unspecified atom stereocenters. The Balaban J connectivity index is 1.44. The Hall–Kier alpha value is -3.67. The molecule has 0 fully saturated rings. The number of hydrogen-bond acceptors (Lipinski definition) is 4. The summed E-state index contributed by atoms with van der Waals surface area (Å²) in [5.41, 5.74) is -2.16. The highest BCUT2D eigenvalue weighted by Crippen LogP contribution is 2.36. The summed E-state index contributed by atoms with van der Waals surface area (Å²) in [4.78, 5) is 25.3. The summed E-state index contributed by atoms with van der Waals surface area (Å²) in [5, 5.41) is 2.49. The molecule has 1 heterocycles. The third-order valence-electron chi connectivity index (χ3n) is 6.08. The number of hydrogen-bond donors (Lipinski definition) is 1. The van der Waals surface area contributed by atoms with Gasteiger partial charge in [-0.3, -0.25) is 9.59 Å². The van der Waals surface area contributed by atoms with E-state index in [2.05, 4.69) is 5.32 Å². The van der Waals surface area contributed by atoms with E-state index >= 15 is 0 Å². The van der Waals surface area contributed by atoms with Crippen molar-refractivity contribution in [1.82, 2.24) is 0 Å². The van der Waals surface area contributed by atoms with Gasteiger partial charge in [-0.2, -0.15) is 26.3 Å². The fraction of sp³-hybridized carbons (Fsp3) is 0.231. The number of benzene rings is 3. The lowest BCUT2D eigenvalue weighted by Gasteiger charge is -2.22. The minimum absolute atomic E-state index is 0.0579. The van der Waals surface area contributed by atoms with Crippen molar-refractivity contribution in [2.45, 2.75) is 30.1 Å². The molecule has 0 spiro atoms. The van der Waals surface area contributed by atoms with Crippen LogP contribution in [0.5, 0.6) is 0 Å². The Morgan fingerprint density at radius 1 is 0.816 bits per heavy atom. The summed E-state index contributed by atoms with van der Waals surface area (Å²) in [6, 6.07) is 13.0. The van der Waals surface area contributed by atoms with Gasteiger partial charge in [-0.15, -0.1) is 0 Å². The molecule has 5 nitrogen and oxygen atoms in total. The average Bonchev–Trinajstić information content (AvgIpc) is 2.84. The number of fused-ring (bicyclic) bond motifs is 1. The van der Waals surface area contributed by atoms with Crippen molar-refractivity contribution >= 4 is 27.2 Å². The Bertz CT molecular complexity index is 1460. The molecular weight excluding hydrogens is 536 g/mol. The summed E-state index contributed by atoms with van der Waals surface area (Å²) in [6.45, 7) is 0. The Morgan fingerprint density at radius 3 is 1.95 bits per heavy atom. The molecule has 1 atom stereocenters. The molecule has 0 aromatic heterocycles. The van der Waals surface area contributed by atoms with Gasteiger partial charge in [0.05, 0.1) is 21.8 Å². The van der Waals surface area contributed by atoms with E-state index in [0.29, 0.717) is 17.7 Å². The van der Waals surface area contributed by atoms with Crippen LogP contribution in [-0.2, 0) is 39.8 Å². The number of carbonyl (C=O) groups excluding carboxylic acids is 2. The summed E-state index contributed by atoms with van der Waals surface area (Å²) in [5.74, 6) is -3.56. The highest BCUT2D eigenvalue weighted by molar-refractivity contribution is 7.91. The Morgan fingerprint density at radius 2 is 1.37 bits per heavy atom. The molecule has 3 aromatic carbocycles. The highest BCUT2D eigenvalue weighted by atomic mass is 32.2. The number of sulfone groups is 1. The van der Waals surface area contributed by atoms with E-state index in [9.17, 15) is 44.3 Å². The number of rotatable bonds is 5. The van der Waals surface area contributed by atoms with Gasteiger partial charge in [-0.25, -0.2) is 8.42 Å². The van der Waals surface area contributed by atoms with Crippen molar-refractivity contribution in [2.75, 3.05) is 11.1 Å². The van der Waals surface area contributed by atoms with Crippen LogP contribution < -0.4 is 5.32 Å². The molecule has 4 rings (SSSR count). The first-order valence-electron chi connectivity index (χ1n) is 11.2. The van der Waals surface area contributed by atoms with Crippen molar-refractivity contribution in [1.29, 1.82) is 0 Å². The van der Waals surface area contributed by atoms with E-state index in [1.807, 2.05) is 0 Å². The number of ketones is 1. The van der Waals surface area contributed by atoms with Gasteiger partial charge in [0.15, 0.2) is 15.6 Å². The van der Waals surface area contributed by atoms with Gasteiger partial charge in [0.25, 0.3) is 0 Å². The van der Waals surface area contributed by atoms with Gasteiger partial charge >= 0.3 is 12.4 Å². The maximum atomic E-state index is 13.1. The van der Waals surface area contributed by atoms with Crippen LogP contribution in [0.25, 0.3) is 0 Å². The molecule has 0 radical (unpaired) electrons. The molecule has 0 aliphatic carbocycles.